The van der Waals surface area contributed by atoms with Crippen molar-refractivity contribution in [3.05, 3.63) is 29.8 Å². The molecule has 0 aliphatic carbocycles. The van der Waals surface area contributed by atoms with Crippen LogP contribution >= 0.6 is 0 Å². The number of anilines is 1. The quantitative estimate of drug-likeness (QED) is 0.665. The molecule has 1 heterocycles. The molecule has 0 unspecified atom stereocenters. The summed E-state index contributed by atoms with van der Waals surface area (Å²) in [5.74, 6) is -0.347. The van der Waals surface area contributed by atoms with E-state index in [1.807, 2.05) is 53.7 Å². The van der Waals surface area contributed by atoms with Crippen molar-refractivity contribution in [1.82, 2.24) is 0 Å². The maximum absolute atomic E-state index is 12.6. The SMILES string of the molecule is CC(C)(C)OOC[C@]1(OOC(C)(C)C)C(=O)Nc2ccccc21. The van der Waals surface area contributed by atoms with Crippen molar-refractivity contribution in [2.24, 2.45) is 0 Å². The molecule has 0 spiro atoms. The molecule has 1 N–H and O–H groups in total. The van der Waals surface area contributed by atoms with Crippen LogP contribution in [0.5, 0.6) is 0 Å². The van der Waals surface area contributed by atoms with E-state index in [9.17, 15) is 4.79 Å². The molecule has 23 heavy (non-hydrogen) atoms. The lowest BCUT2D eigenvalue weighted by molar-refractivity contribution is -0.431. The van der Waals surface area contributed by atoms with Crippen LogP contribution in [0, 0.1) is 0 Å². The Kier molecular flexibility index (Phi) is 4.82. The summed E-state index contributed by atoms with van der Waals surface area (Å²) in [5.41, 5.74) is -1.15. The molecule has 1 amide bonds. The minimum atomic E-state index is -1.41. The van der Waals surface area contributed by atoms with Gasteiger partial charge in [0.05, 0.1) is 11.2 Å². The summed E-state index contributed by atoms with van der Waals surface area (Å²) in [6, 6.07) is 7.28. The highest BCUT2D eigenvalue weighted by molar-refractivity contribution is 6.05. The van der Waals surface area contributed by atoms with Gasteiger partial charge in [-0.2, -0.15) is 0 Å². The van der Waals surface area contributed by atoms with Gasteiger partial charge >= 0.3 is 0 Å². The van der Waals surface area contributed by atoms with Gasteiger partial charge in [-0.3, -0.25) is 4.79 Å². The van der Waals surface area contributed by atoms with Gasteiger partial charge in [-0.25, -0.2) is 19.6 Å². The van der Waals surface area contributed by atoms with Crippen LogP contribution in [-0.4, -0.2) is 23.7 Å². The first-order chi connectivity index (χ1) is 10.5. The third-order valence-corrected chi connectivity index (χ3v) is 2.98. The van der Waals surface area contributed by atoms with Gasteiger partial charge in [0.2, 0.25) is 5.60 Å². The van der Waals surface area contributed by atoms with E-state index in [-0.39, 0.29) is 12.5 Å². The number of benzene rings is 1. The monoisotopic (exact) mass is 323 g/mol. The number of hydrogen-bond donors (Lipinski definition) is 1. The molecule has 0 fully saturated rings. The van der Waals surface area contributed by atoms with Crippen molar-refractivity contribution in [1.29, 1.82) is 0 Å². The Bertz CT molecular complexity index is 573. The van der Waals surface area contributed by atoms with E-state index in [0.717, 1.165) is 0 Å². The molecule has 1 aliphatic rings. The van der Waals surface area contributed by atoms with Crippen LogP contribution in [0.2, 0.25) is 0 Å². The lowest BCUT2D eigenvalue weighted by Gasteiger charge is -2.30. The highest BCUT2D eigenvalue weighted by Gasteiger charge is 2.51. The van der Waals surface area contributed by atoms with Crippen LogP contribution < -0.4 is 5.32 Å². The minimum Gasteiger partial charge on any atom is -0.323 e. The van der Waals surface area contributed by atoms with Gasteiger partial charge in [0.1, 0.15) is 6.61 Å². The number of nitrogens with one attached hydrogen (secondary N) is 1. The van der Waals surface area contributed by atoms with Gasteiger partial charge in [-0.1, -0.05) is 18.2 Å². The highest BCUT2D eigenvalue weighted by Crippen LogP contribution is 2.40. The fourth-order valence-corrected chi connectivity index (χ4v) is 2.03. The first-order valence-corrected chi connectivity index (χ1v) is 7.62. The van der Waals surface area contributed by atoms with Crippen molar-refractivity contribution in [3.8, 4) is 0 Å². The Labute approximate surface area is 136 Å². The van der Waals surface area contributed by atoms with Crippen molar-refractivity contribution in [2.45, 2.75) is 58.3 Å². The minimum absolute atomic E-state index is 0.122. The lowest BCUT2D eigenvalue weighted by atomic mass is 9.96. The molecular weight excluding hydrogens is 298 g/mol. The molecule has 0 radical (unpaired) electrons. The summed E-state index contributed by atoms with van der Waals surface area (Å²) in [4.78, 5) is 34.2. The third-order valence-electron chi connectivity index (χ3n) is 2.98. The normalized spacial score (nSPS) is 21.2. The number of para-hydroxylation sites is 1. The Morgan fingerprint density at radius 1 is 1.00 bits per heavy atom. The van der Waals surface area contributed by atoms with E-state index in [0.29, 0.717) is 11.3 Å². The van der Waals surface area contributed by atoms with E-state index in [2.05, 4.69) is 5.32 Å². The first kappa shape index (κ1) is 17.9. The largest absolute Gasteiger partial charge is 0.323 e. The molecule has 0 saturated carbocycles. The van der Waals surface area contributed by atoms with E-state index in [1.165, 1.54) is 0 Å². The van der Waals surface area contributed by atoms with E-state index >= 15 is 0 Å². The summed E-state index contributed by atoms with van der Waals surface area (Å²) in [6.45, 7) is 11.0. The Balaban J connectivity index is 2.27. The standard InChI is InChI=1S/C17H25NO5/c1-15(2,3)21-20-11-17(23-22-16(4,5)6)12-9-7-8-10-13(12)18-14(17)19/h7-10H,11H2,1-6H3,(H,18,19)/t17-/m1/s1. The molecule has 1 atom stereocenters. The summed E-state index contributed by atoms with van der Waals surface area (Å²) in [5, 5.41) is 2.79. The fraction of sp³-hybridized carbons (Fsp3) is 0.588. The van der Waals surface area contributed by atoms with Crippen molar-refractivity contribution < 1.29 is 24.3 Å². The average Bonchev–Trinajstić information content (AvgIpc) is 2.68. The Morgan fingerprint density at radius 3 is 2.22 bits per heavy atom. The predicted octanol–water partition coefficient (Wildman–Crippen LogP) is 3.33. The number of rotatable bonds is 5. The Morgan fingerprint density at radius 2 is 1.61 bits per heavy atom. The highest BCUT2D eigenvalue weighted by atomic mass is 17.2. The summed E-state index contributed by atoms with van der Waals surface area (Å²) in [7, 11) is 0. The van der Waals surface area contributed by atoms with Gasteiger partial charge in [-0.15, -0.1) is 0 Å². The molecular formula is C17H25NO5. The zero-order valence-corrected chi connectivity index (χ0v) is 14.6. The van der Waals surface area contributed by atoms with Crippen LogP contribution in [-0.2, 0) is 29.9 Å². The number of amides is 1. The predicted molar refractivity (Wildman–Crippen MR) is 85.5 cm³/mol. The molecule has 2 rings (SSSR count). The second kappa shape index (κ2) is 6.20. The fourth-order valence-electron chi connectivity index (χ4n) is 2.03. The van der Waals surface area contributed by atoms with Gasteiger partial charge in [-0.05, 0) is 47.6 Å². The zero-order valence-electron chi connectivity index (χ0n) is 14.6. The Hall–Kier alpha value is -1.47. The second-order valence-electron chi connectivity index (χ2n) is 7.56. The molecule has 6 nitrogen and oxygen atoms in total. The molecule has 1 aliphatic heterocycles. The van der Waals surface area contributed by atoms with E-state index in [1.54, 1.807) is 12.1 Å². The molecule has 128 valence electrons. The van der Waals surface area contributed by atoms with Gasteiger partial charge < -0.3 is 5.32 Å². The van der Waals surface area contributed by atoms with Gasteiger partial charge in [0.15, 0.2) is 0 Å². The lowest BCUT2D eigenvalue weighted by Crippen LogP contribution is -2.44. The maximum atomic E-state index is 12.6. The molecule has 1 aromatic carbocycles. The number of carbonyl (C=O) groups excluding carboxylic acids is 1. The molecule has 6 heteroatoms. The second-order valence-corrected chi connectivity index (χ2v) is 7.56. The molecule has 0 aromatic heterocycles. The third kappa shape index (κ3) is 4.29. The van der Waals surface area contributed by atoms with Crippen LogP contribution in [0.3, 0.4) is 0 Å². The van der Waals surface area contributed by atoms with Crippen LogP contribution in [0.1, 0.15) is 47.1 Å². The number of carbonyl (C=O) groups is 1. The number of fused-ring (bicyclic) bond motifs is 1. The van der Waals surface area contributed by atoms with E-state index in [4.69, 9.17) is 19.6 Å². The van der Waals surface area contributed by atoms with Crippen molar-refractivity contribution in [3.63, 3.8) is 0 Å². The summed E-state index contributed by atoms with van der Waals surface area (Å²) >= 11 is 0. The van der Waals surface area contributed by atoms with Crippen LogP contribution in [0.15, 0.2) is 24.3 Å². The molecule has 1 aromatic rings. The summed E-state index contributed by atoms with van der Waals surface area (Å²) < 4.78 is 0. The van der Waals surface area contributed by atoms with Crippen molar-refractivity contribution >= 4 is 11.6 Å². The van der Waals surface area contributed by atoms with Crippen molar-refractivity contribution in [2.75, 3.05) is 11.9 Å². The zero-order chi connectivity index (χ0) is 17.3. The maximum Gasteiger partial charge on any atom is 0.267 e. The molecule has 0 bridgehead atoms. The smallest absolute Gasteiger partial charge is 0.267 e. The van der Waals surface area contributed by atoms with Gasteiger partial charge in [0, 0.05) is 11.3 Å². The summed E-state index contributed by atoms with van der Waals surface area (Å²) in [6.07, 6.45) is 0. The van der Waals surface area contributed by atoms with E-state index < -0.39 is 16.8 Å². The van der Waals surface area contributed by atoms with Crippen LogP contribution in [0.4, 0.5) is 5.69 Å². The van der Waals surface area contributed by atoms with Gasteiger partial charge in [0.25, 0.3) is 5.91 Å². The van der Waals surface area contributed by atoms with Crippen LogP contribution in [0.25, 0.3) is 0 Å². The molecule has 0 saturated heterocycles. The average molecular weight is 323 g/mol. The topological polar surface area (TPSA) is 66.0 Å². The number of hydrogen-bond acceptors (Lipinski definition) is 5. The first-order valence-electron chi connectivity index (χ1n) is 7.62.